The Morgan fingerprint density at radius 1 is 1.41 bits per heavy atom. The summed E-state index contributed by atoms with van der Waals surface area (Å²) in [5, 5.41) is 3.58. The van der Waals surface area contributed by atoms with E-state index in [9.17, 15) is 0 Å². The Morgan fingerprint density at radius 3 is 3.18 bits per heavy atom. The van der Waals surface area contributed by atoms with E-state index in [0.717, 1.165) is 6.04 Å². The molecule has 1 aromatic rings. The summed E-state index contributed by atoms with van der Waals surface area (Å²) < 4.78 is 0. The molecule has 1 saturated heterocycles. The quantitative estimate of drug-likeness (QED) is 0.857. The minimum Gasteiger partial charge on any atom is -0.374 e. The van der Waals surface area contributed by atoms with Crippen molar-refractivity contribution in [3.05, 3.63) is 29.3 Å². The van der Waals surface area contributed by atoms with Gasteiger partial charge in [0.2, 0.25) is 0 Å². The van der Waals surface area contributed by atoms with E-state index in [1.807, 2.05) is 0 Å². The second-order valence-electron chi connectivity index (χ2n) is 5.47. The lowest BCUT2D eigenvalue weighted by atomic mass is 10.0. The van der Waals surface area contributed by atoms with E-state index in [-0.39, 0.29) is 0 Å². The van der Waals surface area contributed by atoms with Crippen LogP contribution in [0.4, 0.5) is 5.69 Å². The van der Waals surface area contributed by atoms with Gasteiger partial charge in [0.05, 0.1) is 0 Å². The van der Waals surface area contributed by atoms with Gasteiger partial charge in [-0.1, -0.05) is 12.1 Å². The predicted molar refractivity (Wildman–Crippen MR) is 72.8 cm³/mol. The molecule has 1 N–H and O–H groups in total. The van der Waals surface area contributed by atoms with Crippen molar-refractivity contribution in [1.82, 2.24) is 5.32 Å². The first-order valence-electron chi connectivity index (χ1n) is 6.89. The minimum atomic E-state index is 0.769. The maximum Gasteiger partial charge on any atom is 0.0397 e. The molecule has 0 aromatic heterocycles. The second kappa shape index (κ2) is 4.69. The highest BCUT2D eigenvalue weighted by atomic mass is 15.1. The Hall–Kier alpha value is -1.02. The first kappa shape index (κ1) is 11.1. The van der Waals surface area contributed by atoms with E-state index in [0.29, 0.717) is 0 Å². The summed E-state index contributed by atoms with van der Waals surface area (Å²) in [5.74, 6) is 0. The van der Waals surface area contributed by atoms with Crippen LogP contribution in [0.5, 0.6) is 0 Å². The molecule has 0 bridgehead atoms. The zero-order chi connectivity index (χ0) is 11.7. The number of fused-ring (bicyclic) bond motifs is 1. The number of likely N-dealkylation sites (N-methyl/N-ethyl adjacent to an activating group) is 1. The smallest absolute Gasteiger partial charge is 0.0397 e. The third-order valence-corrected chi connectivity index (χ3v) is 4.22. The zero-order valence-electron chi connectivity index (χ0n) is 10.7. The summed E-state index contributed by atoms with van der Waals surface area (Å²) in [4.78, 5) is 2.36. The molecule has 0 radical (unpaired) electrons. The Balaban J connectivity index is 1.64. The molecular formula is C15H22N2. The number of benzene rings is 1. The highest BCUT2D eigenvalue weighted by Crippen LogP contribution is 2.28. The van der Waals surface area contributed by atoms with Crippen molar-refractivity contribution in [3.8, 4) is 0 Å². The number of nitrogens with one attached hydrogen (secondary N) is 1. The number of hydrogen-bond donors (Lipinski definition) is 1. The van der Waals surface area contributed by atoms with Crippen LogP contribution in [0.3, 0.4) is 0 Å². The molecule has 0 saturated carbocycles. The molecule has 0 amide bonds. The number of hydrogen-bond acceptors (Lipinski definition) is 2. The summed E-state index contributed by atoms with van der Waals surface area (Å²) in [7, 11) is 2.19. The summed E-state index contributed by atoms with van der Waals surface area (Å²) in [5.41, 5.74) is 4.50. The van der Waals surface area contributed by atoms with E-state index in [4.69, 9.17) is 0 Å². The van der Waals surface area contributed by atoms with Crippen LogP contribution in [0.15, 0.2) is 18.2 Å². The van der Waals surface area contributed by atoms with Crippen molar-refractivity contribution in [2.45, 2.75) is 38.1 Å². The van der Waals surface area contributed by atoms with Gasteiger partial charge in [-0.2, -0.15) is 0 Å². The van der Waals surface area contributed by atoms with Crippen LogP contribution in [0.2, 0.25) is 0 Å². The van der Waals surface area contributed by atoms with Gasteiger partial charge in [0.1, 0.15) is 0 Å². The van der Waals surface area contributed by atoms with Crippen LogP contribution in [0.25, 0.3) is 0 Å². The van der Waals surface area contributed by atoms with E-state index in [1.54, 1.807) is 5.56 Å². The molecular weight excluding hydrogens is 208 g/mol. The Kier molecular flexibility index (Phi) is 3.06. The fourth-order valence-electron chi connectivity index (χ4n) is 3.12. The SMILES string of the molecule is CN1CCc2cc(CCC3CCCN3)ccc21. The molecule has 2 heterocycles. The lowest BCUT2D eigenvalue weighted by Gasteiger charge is -2.13. The topological polar surface area (TPSA) is 15.3 Å². The average Bonchev–Trinajstić information content (AvgIpc) is 2.97. The largest absolute Gasteiger partial charge is 0.374 e. The van der Waals surface area contributed by atoms with Crippen LogP contribution >= 0.6 is 0 Å². The van der Waals surface area contributed by atoms with Gasteiger partial charge in [-0.05, 0) is 55.8 Å². The molecule has 2 aliphatic rings. The van der Waals surface area contributed by atoms with Gasteiger partial charge in [0.25, 0.3) is 0 Å². The van der Waals surface area contributed by atoms with Crippen LogP contribution in [0.1, 0.15) is 30.4 Å². The van der Waals surface area contributed by atoms with E-state index >= 15 is 0 Å². The number of rotatable bonds is 3. The van der Waals surface area contributed by atoms with Gasteiger partial charge in [0.15, 0.2) is 0 Å². The molecule has 1 fully saturated rings. The molecule has 1 unspecified atom stereocenters. The minimum absolute atomic E-state index is 0.769. The van der Waals surface area contributed by atoms with Crippen molar-refractivity contribution in [2.75, 3.05) is 25.0 Å². The Labute approximate surface area is 104 Å². The molecule has 2 aliphatic heterocycles. The molecule has 2 heteroatoms. The number of anilines is 1. The normalized spacial score (nSPS) is 23.1. The lowest BCUT2D eigenvalue weighted by Crippen LogP contribution is -2.21. The summed E-state index contributed by atoms with van der Waals surface area (Å²) in [6.07, 6.45) is 6.48. The molecule has 3 rings (SSSR count). The highest BCUT2D eigenvalue weighted by molar-refractivity contribution is 5.58. The lowest BCUT2D eigenvalue weighted by molar-refractivity contribution is 0.559. The molecule has 92 valence electrons. The zero-order valence-corrected chi connectivity index (χ0v) is 10.7. The third-order valence-electron chi connectivity index (χ3n) is 4.22. The summed E-state index contributed by atoms with van der Waals surface area (Å²) in [6.45, 7) is 2.41. The van der Waals surface area contributed by atoms with Crippen molar-refractivity contribution >= 4 is 5.69 Å². The van der Waals surface area contributed by atoms with Crippen molar-refractivity contribution in [1.29, 1.82) is 0 Å². The Morgan fingerprint density at radius 2 is 2.35 bits per heavy atom. The first-order chi connectivity index (χ1) is 8.33. The fraction of sp³-hybridized carbons (Fsp3) is 0.600. The molecule has 1 atom stereocenters. The van der Waals surface area contributed by atoms with E-state index < -0.39 is 0 Å². The van der Waals surface area contributed by atoms with Crippen molar-refractivity contribution < 1.29 is 0 Å². The van der Waals surface area contributed by atoms with Crippen LogP contribution in [0, 0.1) is 0 Å². The molecule has 1 aromatic carbocycles. The van der Waals surface area contributed by atoms with Crippen molar-refractivity contribution in [2.24, 2.45) is 0 Å². The summed E-state index contributed by atoms with van der Waals surface area (Å²) >= 11 is 0. The van der Waals surface area contributed by atoms with E-state index in [2.05, 4.69) is 35.5 Å². The Bertz CT molecular complexity index is 394. The van der Waals surface area contributed by atoms with Crippen LogP contribution < -0.4 is 10.2 Å². The standard InChI is InChI=1S/C15H22N2/c1-17-10-8-13-11-12(5-7-15(13)17)4-6-14-3-2-9-16-14/h5,7,11,14,16H,2-4,6,8-10H2,1H3. The van der Waals surface area contributed by atoms with Gasteiger partial charge in [0, 0.05) is 25.3 Å². The molecule has 2 nitrogen and oxygen atoms in total. The van der Waals surface area contributed by atoms with Crippen LogP contribution in [-0.4, -0.2) is 26.2 Å². The van der Waals surface area contributed by atoms with Gasteiger partial charge < -0.3 is 10.2 Å². The molecule has 17 heavy (non-hydrogen) atoms. The van der Waals surface area contributed by atoms with Crippen LogP contribution in [-0.2, 0) is 12.8 Å². The third kappa shape index (κ3) is 2.32. The number of aryl methyl sites for hydroxylation is 1. The molecule has 0 spiro atoms. The highest BCUT2D eigenvalue weighted by Gasteiger charge is 2.17. The van der Waals surface area contributed by atoms with Gasteiger partial charge in [-0.25, -0.2) is 0 Å². The van der Waals surface area contributed by atoms with Gasteiger partial charge in [-0.15, -0.1) is 0 Å². The second-order valence-corrected chi connectivity index (χ2v) is 5.47. The maximum absolute atomic E-state index is 3.58. The van der Waals surface area contributed by atoms with Gasteiger partial charge >= 0.3 is 0 Å². The fourth-order valence-corrected chi connectivity index (χ4v) is 3.12. The molecule has 0 aliphatic carbocycles. The predicted octanol–water partition coefficient (Wildman–Crippen LogP) is 2.36. The van der Waals surface area contributed by atoms with Crippen molar-refractivity contribution in [3.63, 3.8) is 0 Å². The first-order valence-corrected chi connectivity index (χ1v) is 6.89. The number of nitrogens with zero attached hydrogens (tertiary/aromatic N) is 1. The maximum atomic E-state index is 3.58. The van der Waals surface area contributed by atoms with E-state index in [1.165, 1.54) is 56.4 Å². The van der Waals surface area contributed by atoms with Gasteiger partial charge in [-0.3, -0.25) is 0 Å². The summed E-state index contributed by atoms with van der Waals surface area (Å²) in [6, 6.07) is 7.81. The monoisotopic (exact) mass is 230 g/mol. The average molecular weight is 230 g/mol.